The quantitative estimate of drug-likeness (QED) is 0.771. The van der Waals surface area contributed by atoms with Crippen LogP contribution in [-0.4, -0.2) is 22.1 Å². The first-order valence-electron chi connectivity index (χ1n) is 6.28. The summed E-state index contributed by atoms with van der Waals surface area (Å²) in [4.78, 5) is 8.84. The summed E-state index contributed by atoms with van der Waals surface area (Å²) >= 11 is 0. The molecular weight excluding hydrogens is 212 g/mol. The van der Waals surface area contributed by atoms with Crippen molar-refractivity contribution in [2.75, 3.05) is 17.2 Å². The van der Waals surface area contributed by atoms with E-state index in [-0.39, 0.29) is 5.54 Å². The molecule has 17 heavy (non-hydrogen) atoms. The van der Waals surface area contributed by atoms with E-state index in [1.807, 2.05) is 13.0 Å². The van der Waals surface area contributed by atoms with Crippen molar-refractivity contribution >= 4 is 11.8 Å². The van der Waals surface area contributed by atoms with E-state index in [1.165, 1.54) is 6.42 Å². The number of aromatic nitrogens is 2. The van der Waals surface area contributed by atoms with Gasteiger partial charge in [0.05, 0.1) is 0 Å². The van der Waals surface area contributed by atoms with Crippen LogP contribution in [0.1, 0.15) is 46.2 Å². The standard InChI is InChI=1S/C13H24N4/c1-6-7-8-14-11-9-10(2)15-12(16-11)17-13(3,4)5/h9H,6-8H2,1-5H3,(H2,14,15,16,17). The molecule has 96 valence electrons. The summed E-state index contributed by atoms with van der Waals surface area (Å²) in [7, 11) is 0. The first-order chi connectivity index (χ1) is 7.90. The van der Waals surface area contributed by atoms with Crippen molar-refractivity contribution in [2.24, 2.45) is 0 Å². The van der Waals surface area contributed by atoms with E-state index in [2.05, 4.69) is 48.3 Å². The molecule has 1 aromatic rings. The maximum absolute atomic E-state index is 4.46. The average Bonchev–Trinajstić information content (AvgIpc) is 2.14. The van der Waals surface area contributed by atoms with Crippen LogP contribution in [0, 0.1) is 6.92 Å². The maximum Gasteiger partial charge on any atom is 0.225 e. The van der Waals surface area contributed by atoms with Crippen molar-refractivity contribution in [1.82, 2.24) is 9.97 Å². The minimum Gasteiger partial charge on any atom is -0.370 e. The van der Waals surface area contributed by atoms with Crippen LogP contribution in [0.4, 0.5) is 11.8 Å². The zero-order valence-electron chi connectivity index (χ0n) is 11.6. The van der Waals surface area contributed by atoms with Crippen LogP contribution in [0.2, 0.25) is 0 Å². The number of nitrogens with one attached hydrogen (secondary N) is 2. The monoisotopic (exact) mass is 236 g/mol. The third-order valence-corrected chi connectivity index (χ3v) is 2.18. The second-order valence-corrected chi connectivity index (χ2v) is 5.37. The van der Waals surface area contributed by atoms with Crippen LogP contribution < -0.4 is 10.6 Å². The van der Waals surface area contributed by atoms with Crippen LogP contribution >= 0.6 is 0 Å². The number of rotatable bonds is 5. The van der Waals surface area contributed by atoms with E-state index < -0.39 is 0 Å². The summed E-state index contributed by atoms with van der Waals surface area (Å²) in [6.45, 7) is 11.4. The molecule has 0 unspecified atom stereocenters. The fourth-order valence-corrected chi connectivity index (χ4v) is 1.44. The highest BCUT2D eigenvalue weighted by atomic mass is 15.2. The van der Waals surface area contributed by atoms with Crippen LogP contribution in [0.3, 0.4) is 0 Å². The maximum atomic E-state index is 4.46. The van der Waals surface area contributed by atoms with E-state index in [9.17, 15) is 0 Å². The van der Waals surface area contributed by atoms with Gasteiger partial charge in [0.25, 0.3) is 0 Å². The van der Waals surface area contributed by atoms with Gasteiger partial charge in [0.15, 0.2) is 0 Å². The topological polar surface area (TPSA) is 49.8 Å². The van der Waals surface area contributed by atoms with Crippen molar-refractivity contribution in [2.45, 2.75) is 53.0 Å². The molecule has 0 atom stereocenters. The van der Waals surface area contributed by atoms with E-state index in [1.54, 1.807) is 0 Å². The molecule has 0 radical (unpaired) electrons. The summed E-state index contributed by atoms with van der Waals surface area (Å²) in [6.07, 6.45) is 2.34. The lowest BCUT2D eigenvalue weighted by Crippen LogP contribution is -2.27. The van der Waals surface area contributed by atoms with Gasteiger partial charge in [0.1, 0.15) is 5.82 Å². The van der Waals surface area contributed by atoms with Crippen LogP contribution in [-0.2, 0) is 0 Å². The fraction of sp³-hybridized carbons (Fsp3) is 0.692. The van der Waals surface area contributed by atoms with Gasteiger partial charge in [0.2, 0.25) is 5.95 Å². The van der Waals surface area contributed by atoms with Gasteiger partial charge in [-0.3, -0.25) is 0 Å². The molecule has 4 nitrogen and oxygen atoms in total. The minimum absolute atomic E-state index is 0.0194. The molecule has 0 saturated heterocycles. The normalized spacial score (nSPS) is 11.4. The highest BCUT2D eigenvalue weighted by Crippen LogP contribution is 2.14. The van der Waals surface area contributed by atoms with Gasteiger partial charge in [-0.1, -0.05) is 13.3 Å². The summed E-state index contributed by atoms with van der Waals surface area (Å²) < 4.78 is 0. The Morgan fingerprint density at radius 1 is 1.24 bits per heavy atom. The van der Waals surface area contributed by atoms with Gasteiger partial charge < -0.3 is 10.6 Å². The SMILES string of the molecule is CCCCNc1cc(C)nc(NC(C)(C)C)n1. The second-order valence-electron chi connectivity index (χ2n) is 5.37. The molecule has 2 N–H and O–H groups in total. The number of aryl methyl sites for hydroxylation is 1. The van der Waals surface area contributed by atoms with Crippen molar-refractivity contribution in [3.05, 3.63) is 11.8 Å². The number of nitrogens with zero attached hydrogens (tertiary/aromatic N) is 2. The lowest BCUT2D eigenvalue weighted by molar-refractivity contribution is 0.625. The number of anilines is 2. The summed E-state index contributed by atoms with van der Waals surface area (Å²) in [5.74, 6) is 1.59. The van der Waals surface area contributed by atoms with E-state index >= 15 is 0 Å². The molecule has 0 aromatic carbocycles. The second kappa shape index (κ2) is 5.84. The molecule has 4 heteroatoms. The van der Waals surface area contributed by atoms with Crippen molar-refractivity contribution in [3.8, 4) is 0 Å². The third-order valence-electron chi connectivity index (χ3n) is 2.18. The van der Waals surface area contributed by atoms with Crippen molar-refractivity contribution in [3.63, 3.8) is 0 Å². The van der Waals surface area contributed by atoms with Gasteiger partial charge >= 0.3 is 0 Å². The zero-order valence-corrected chi connectivity index (χ0v) is 11.6. The predicted molar refractivity (Wildman–Crippen MR) is 73.5 cm³/mol. The lowest BCUT2D eigenvalue weighted by atomic mass is 10.1. The molecule has 0 bridgehead atoms. The number of hydrogen-bond acceptors (Lipinski definition) is 4. The summed E-state index contributed by atoms with van der Waals surface area (Å²) in [5.41, 5.74) is 0.958. The third kappa shape index (κ3) is 5.52. The van der Waals surface area contributed by atoms with Gasteiger partial charge in [-0.2, -0.15) is 4.98 Å². The van der Waals surface area contributed by atoms with Crippen molar-refractivity contribution < 1.29 is 0 Å². The van der Waals surface area contributed by atoms with Crippen molar-refractivity contribution in [1.29, 1.82) is 0 Å². The Morgan fingerprint density at radius 2 is 1.94 bits per heavy atom. The summed E-state index contributed by atoms with van der Waals surface area (Å²) in [5, 5.41) is 6.61. The van der Waals surface area contributed by atoms with Crippen LogP contribution in [0.25, 0.3) is 0 Å². The van der Waals surface area contributed by atoms with Crippen LogP contribution in [0.5, 0.6) is 0 Å². The predicted octanol–water partition coefficient (Wildman–Crippen LogP) is 3.21. The molecule has 1 heterocycles. The first kappa shape index (κ1) is 13.7. The Morgan fingerprint density at radius 3 is 2.53 bits per heavy atom. The first-order valence-corrected chi connectivity index (χ1v) is 6.28. The van der Waals surface area contributed by atoms with Gasteiger partial charge in [-0.15, -0.1) is 0 Å². The molecule has 0 aliphatic carbocycles. The Bertz CT molecular complexity index is 355. The molecule has 0 saturated carbocycles. The van der Waals surface area contributed by atoms with Crippen LogP contribution in [0.15, 0.2) is 6.07 Å². The molecule has 0 amide bonds. The van der Waals surface area contributed by atoms with E-state index in [0.717, 1.165) is 24.5 Å². The molecule has 0 aliphatic heterocycles. The number of hydrogen-bond donors (Lipinski definition) is 2. The smallest absolute Gasteiger partial charge is 0.225 e. The largest absolute Gasteiger partial charge is 0.370 e. The Balaban J connectivity index is 2.72. The Kier molecular flexibility index (Phi) is 4.73. The van der Waals surface area contributed by atoms with Gasteiger partial charge in [-0.05, 0) is 34.1 Å². The fourth-order valence-electron chi connectivity index (χ4n) is 1.44. The minimum atomic E-state index is -0.0194. The molecule has 0 spiro atoms. The Hall–Kier alpha value is -1.32. The molecule has 1 rings (SSSR count). The van der Waals surface area contributed by atoms with E-state index in [0.29, 0.717) is 5.95 Å². The molecular formula is C13H24N4. The summed E-state index contributed by atoms with van der Waals surface area (Å²) in [6, 6.07) is 1.98. The van der Waals surface area contributed by atoms with E-state index in [4.69, 9.17) is 0 Å². The highest BCUT2D eigenvalue weighted by molar-refractivity contribution is 5.42. The molecule has 1 aromatic heterocycles. The highest BCUT2D eigenvalue weighted by Gasteiger charge is 2.12. The average molecular weight is 236 g/mol. The molecule has 0 aliphatic rings. The Labute approximate surface area is 104 Å². The zero-order chi connectivity index (χ0) is 12.9. The lowest BCUT2D eigenvalue weighted by Gasteiger charge is -2.21. The van der Waals surface area contributed by atoms with Gasteiger partial charge in [0, 0.05) is 23.8 Å². The number of unbranched alkanes of at least 4 members (excludes halogenated alkanes) is 1. The molecule has 0 fully saturated rings. The van der Waals surface area contributed by atoms with Gasteiger partial charge in [-0.25, -0.2) is 4.98 Å².